The molecule has 86 valence electrons. The van der Waals surface area contributed by atoms with Crippen molar-refractivity contribution in [3.05, 3.63) is 0 Å². The topological polar surface area (TPSA) is 127 Å². The fourth-order valence-electron chi connectivity index (χ4n) is 1.71. The van der Waals surface area contributed by atoms with E-state index in [0.717, 1.165) is 0 Å². The summed E-state index contributed by atoms with van der Waals surface area (Å²) in [6.07, 6.45) is -1.54. The third-order valence-electron chi connectivity index (χ3n) is 2.64. The minimum atomic E-state index is -1.55. The van der Waals surface area contributed by atoms with Crippen molar-refractivity contribution in [1.82, 2.24) is 5.48 Å². The van der Waals surface area contributed by atoms with Crippen LogP contribution in [-0.4, -0.2) is 38.7 Å². The number of aliphatic hydroxyl groups is 2. The maximum absolute atomic E-state index is 10.8. The summed E-state index contributed by atoms with van der Waals surface area (Å²) in [5.74, 6) is -3.85. The fraction of sp³-hybridized carbons (Fsp3) is 0.750. The number of hydrogen-bond donors (Lipinski definition) is 5. The van der Waals surface area contributed by atoms with Crippen molar-refractivity contribution in [3.63, 3.8) is 0 Å². The summed E-state index contributed by atoms with van der Waals surface area (Å²) in [6, 6.07) is 0. The summed E-state index contributed by atoms with van der Waals surface area (Å²) in [5, 5.41) is 34.6. The van der Waals surface area contributed by atoms with Crippen LogP contribution in [0.3, 0.4) is 0 Å². The first-order valence-electron chi connectivity index (χ1n) is 4.49. The minimum absolute atomic E-state index is 0.361. The molecule has 15 heavy (non-hydrogen) atoms. The lowest BCUT2D eigenvalue weighted by atomic mass is 9.98. The van der Waals surface area contributed by atoms with Crippen LogP contribution < -0.4 is 5.48 Å². The molecule has 1 saturated carbocycles. The number of aliphatic carboxylic acids is 1. The van der Waals surface area contributed by atoms with Gasteiger partial charge in [-0.25, -0.2) is 5.48 Å². The van der Waals surface area contributed by atoms with Gasteiger partial charge in [0.25, 0.3) is 0 Å². The van der Waals surface area contributed by atoms with Crippen LogP contribution in [0.1, 0.15) is 12.8 Å². The van der Waals surface area contributed by atoms with Gasteiger partial charge in [-0.05, 0) is 12.3 Å². The maximum atomic E-state index is 10.8. The van der Waals surface area contributed by atoms with Crippen LogP contribution in [0.15, 0.2) is 0 Å². The zero-order chi connectivity index (χ0) is 11.6. The van der Waals surface area contributed by atoms with Gasteiger partial charge < -0.3 is 15.3 Å². The van der Waals surface area contributed by atoms with Gasteiger partial charge in [-0.15, -0.1) is 0 Å². The zero-order valence-electron chi connectivity index (χ0n) is 7.83. The molecule has 3 unspecified atom stereocenters. The Morgan fingerprint density at radius 1 is 1.33 bits per heavy atom. The highest BCUT2D eigenvalue weighted by atomic mass is 16.5. The van der Waals surface area contributed by atoms with E-state index in [-0.39, 0.29) is 6.42 Å². The lowest BCUT2D eigenvalue weighted by Gasteiger charge is -2.11. The third-order valence-corrected chi connectivity index (χ3v) is 2.64. The zero-order valence-corrected chi connectivity index (χ0v) is 7.83. The number of amides is 1. The first kappa shape index (κ1) is 11.9. The Kier molecular flexibility index (Phi) is 3.61. The number of carbonyl (C=O) groups is 2. The second-order valence-corrected chi connectivity index (χ2v) is 3.66. The molecule has 5 N–H and O–H groups in total. The molecular formula is C8H13NO6. The van der Waals surface area contributed by atoms with Crippen molar-refractivity contribution < 1.29 is 30.1 Å². The number of carboxylic acids is 1. The van der Waals surface area contributed by atoms with Crippen LogP contribution in [0.5, 0.6) is 0 Å². The number of nitrogens with one attached hydrogen (secondary N) is 1. The molecule has 1 amide bonds. The summed E-state index contributed by atoms with van der Waals surface area (Å²) in [6.45, 7) is 0. The monoisotopic (exact) mass is 219 g/mol. The van der Waals surface area contributed by atoms with E-state index >= 15 is 0 Å². The van der Waals surface area contributed by atoms with E-state index in [1.165, 1.54) is 5.48 Å². The van der Waals surface area contributed by atoms with Gasteiger partial charge in [-0.2, -0.15) is 0 Å². The van der Waals surface area contributed by atoms with Gasteiger partial charge in [0.1, 0.15) is 0 Å². The molecule has 1 rings (SSSR count). The van der Waals surface area contributed by atoms with Crippen molar-refractivity contribution in [2.75, 3.05) is 0 Å². The van der Waals surface area contributed by atoms with E-state index in [1.54, 1.807) is 0 Å². The van der Waals surface area contributed by atoms with Gasteiger partial charge in [-0.3, -0.25) is 14.8 Å². The normalized spacial score (nSPS) is 26.1. The Morgan fingerprint density at radius 3 is 2.27 bits per heavy atom. The van der Waals surface area contributed by atoms with Crippen LogP contribution in [0.2, 0.25) is 0 Å². The fourth-order valence-corrected chi connectivity index (χ4v) is 1.71. The predicted molar refractivity (Wildman–Crippen MR) is 45.5 cm³/mol. The van der Waals surface area contributed by atoms with Crippen LogP contribution in [0.25, 0.3) is 0 Å². The molecule has 1 aliphatic carbocycles. The van der Waals surface area contributed by atoms with E-state index in [0.29, 0.717) is 6.42 Å². The molecular weight excluding hydrogens is 206 g/mol. The Labute approximate surface area is 85.3 Å². The van der Waals surface area contributed by atoms with E-state index in [9.17, 15) is 9.59 Å². The molecule has 1 aliphatic rings. The molecule has 0 aromatic carbocycles. The Hall–Kier alpha value is -1.18. The highest BCUT2D eigenvalue weighted by Crippen LogP contribution is 2.47. The Bertz CT molecular complexity index is 266. The van der Waals surface area contributed by atoms with E-state index in [4.69, 9.17) is 20.5 Å². The molecule has 7 heteroatoms. The number of rotatable bonds is 5. The molecule has 3 atom stereocenters. The van der Waals surface area contributed by atoms with Crippen LogP contribution in [0.4, 0.5) is 0 Å². The molecule has 0 aromatic rings. The minimum Gasteiger partial charge on any atom is -0.481 e. The Balaban J connectivity index is 2.54. The van der Waals surface area contributed by atoms with E-state index in [2.05, 4.69) is 0 Å². The number of carboxylic acid groups (broad SMARTS) is 1. The highest BCUT2D eigenvalue weighted by Gasteiger charge is 2.49. The van der Waals surface area contributed by atoms with Crippen molar-refractivity contribution in [2.45, 2.75) is 19.1 Å². The largest absolute Gasteiger partial charge is 0.481 e. The number of hydroxylamine groups is 1. The molecule has 7 nitrogen and oxygen atoms in total. The SMILES string of the molecule is O=C(CC(C(=O)O)C1CC1C(O)O)NO. The van der Waals surface area contributed by atoms with Crippen LogP contribution in [-0.2, 0) is 9.59 Å². The van der Waals surface area contributed by atoms with Gasteiger partial charge in [0.05, 0.1) is 5.92 Å². The van der Waals surface area contributed by atoms with Crippen molar-refractivity contribution in [3.8, 4) is 0 Å². The summed E-state index contributed by atoms with van der Waals surface area (Å²) in [7, 11) is 0. The smallest absolute Gasteiger partial charge is 0.307 e. The van der Waals surface area contributed by atoms with E-state index < -0.39 is 35.9 Å². The maximum Gasteiger partial charge on any atom is 0.307 e. The van der Waals surface area contributed by atoms with Gasteiger partial charge in [0.2, 0.25) is 5.91 Å². The predicted octanol–water partition coefficient (Wildman–Crippen LogP) is -1.47. The summed E-state index contributed by atoms with van der Waals surface area (Å²) >= 11 is 0. The second kappa shape index (κ2) is 4.56. The molecule has 0 bridgehead atoms. The standard InChI is InChI=1S/C8H13NO6/c10-6(9-15)2-5(8(13)14)3-1-4(3)7(11)12/h3-5,7,11-12,15H,1-2H2,(H,9,10)(H,13,14). The van der Waals surface area contributed by atoms with Gasteiger partial charge in [0, 0.05) is 12.3 Å². The summed E-state index contributed by atoms with van der Waals surface area (Å²) in [5.41, 5.74) is 1.35. The van der Waals surface area contributed by atoms with Crippen LogP contribution in [0, 0.1) is 17.8 Å². The van der Waals surface area contributed by atoms with Crippen LogP contribution >= 0.6 is 0 Å². The molecule has 1 fully saturated rings. The van der Waals surface area contributed by atoms with Gasteiger partial charge >= 0.3 is 5.97 Å². The average molecular weight is 219 g/mol. The second-order valence-electron chi connectivity index (χ2n) is 3.66. The van der Waals surface area contributed by atoms with Gasteiger partial charge in [0.15, 0.2) is 6.29 Å². The van der Waals surface area contributed by atoms with Gasteiger partial charge in [-0.1, -0.05) is 0 Å². The number of carbonyl (C=O) groups excluding carboxylic acids is 1. The van der Waals surface area contributed by atoms with Crippen molar-refractivity contribution in [2.24, 2.45) is 17.8 Å². The molecule has 0 aromatic heterocycles. The molecule has 0 spiro atoms. The number of hydrogen-bond acceptors (Lipinski definition) is 5. The molecule has 0 saturated heterocycles. The Morgan fingerprint density at radius 2 is 1.93 bits per heavy atom. The van der Waals surface area contributed by atoms with Crippen molar-refractivity contribution in [1.29, 1.82) is 0 Å². The quantitative estimate of drug-likeness (QED) is 0.218. The first-order chi connectivity index (χ1) is 6.97. The molecule has 0 heterocycles. The lowest BCUT2D eigenvalue weighted by Crippen LogP contribution is -2.28. The summed E-state index contributed by atoms with van der Waals surface area (Å²) in [4.78, 5) is 21.6. The first-order valence-corrected chi connectivity index (χ1v) is 4.49. The number of aliphatic hydroxyl groups excluding tert-OH is 1. The average Bonchev–Trinajstić information content (AvgIpc) is 2.92. The summed E-state index contributed by atoms with van der Waals surface area (Å²) < 4.78 is 0. The third kappa shape index (κ3) is 2.88. The molecule has 0 radical (unpaired) electrons. The lowest BCUT2D eigenvalue weighted by molar-refractivity contribution is -0.147. The van der Waals surface area contributed by atoms with E-state index in [1.807, 2.05) is 0 Å². The highest BCUT2D eigenvalue weighted by molar-refractivity contribution is 5.81. The molecule has 0 aliphatic heterocycles. The van der Waals surface area contributed by atoms with Crippen molar-refractivity contribution >= 4 is 11.9 Å².